The Hall–Kier alpha value is -0.500. The van der Waals surface area contributed by atoms with Crippen molar-refractivity contribution in [2.45, 2.75) is 283 Å². The maximum atomic E-state index is 13.0. The number of carbonyl (C=O) groups excluding carboxylic acids is 1. The minimum Gasteiger partial charge on any atom is -0.391 e. The first-order chi connectivity index (χ1) is 29.0. The molecule has 0 spiro atoms. The van der Waals surface area contributed by atoms with Gasteiger partial charge in [0.05, 0.1) is 39.9 Å². The number of hydrogen-bond acceptors (Lipinski definition) is 5. The van der Waals surface area contributed by atoms with Gasteiger partial charge in [-0.2, -0.15) is 0 Å². The first-order valence-corrected chi connectivity index (χ1v) is 27.9. The summed E-state index contributed by atoms with van der Waals surface area (Å²) in [7, 11) is 1.63. The SMILES string of the molecule is CCCCCCCCCCCCCCCCCCCCCCCC(=O)N[C@@H](COP(=O)(O)OCC[N+](C)(C)C)[C@H](O)CCCCCCCCCCCCCCCCCCC. The highest BCUT2D eigenvalue weighted by Crippen LogP contribution is 2.43. The standard InChI is InChI=1S/C51H105N2O6P/c1-6-8-10-12-14-16-18-20-22-24-25-26-27-29-31-33-35-37-39-41-43-45-51(55)52-49(48-59-60(56,57)58-47-46-53(3,4)5)50(54)44-42-40-38-36-34-32-30-28-23-21-19-17-15-13-11-9-7-2/h49-50,54H,6-48H2,1-5H3,(H-,52,55,56,57)/p+1/t49-,50+/m0/s1. The normalized spacial score (nSPS) is 14.1. The molecule has 0 aromatic carbocycles. The number of aliphatic hydroxyl groups is 1. The minimum absolute atomic E-state index is 0.0790. The molecule has 0 aromatic heterocycles. The summed E-state index contributed by atoms with van der Waals surface area (Å²) in [4.78, 5) is 23.3. The average molecular weight is 874 g/mol. The van der Waals surface area contributed by atoms with Crippen LogP contribution in [0.1, 0.15) is 271 Å². The molecule has 8 nitrogen and oxygen atoms in total. The maximum Gasteiger partial charge on any atom is 0.472 e. The van der Waals surface area contributed by atoms with E-state index < -0.39 is 20.0 Å². The Morgan fingerprint density at radius 1 is 0.500 bits per heavy atom. The molecule has 60 heavy (non-hydrogen) atoms. The highest BCUT2D eigenvalue weighted by Gasteiger charge is 2.28. The molecule has 0 aliphatic rings. The van der Waals surface area contributed by atoms with Gasteiger partial charge in [0.25, 0.3) is 0 Å². The van der Waals surface area contributed by atoms with Crippen LogP contribution in [0, 0.1) is 0 Å². The van der Waals surface area contributed by atoms with Crippen molar-refractivity contribution in [1.29, 1.82) is 0 Å². The highest BCUT2D eigenvalue weighted by molar-refractivity contribution is 7.47. The summed E-state index contributed by atoms with van der Waals surface area (Å²) in [6.07, 6.45) is 49.9. The number of nitrogens with one attached hydrogen (secondary N) is 1. The van der Waals surface area contributed by atoms with Crippen LogP contribution < -0.4 is 5.32 Å². The molecule has 1 amide bonds. The predicted molar refractivity (Wildman–Crippen MR) is 259 cm³/mol. The molecule has 0 saturated heterocycles. The number of phosphoric ester groups is 1. The Bertz CT molecular complexity index is 947. The molecule has 0 aromatic rings. The zero-order chi connectivity index (χ0) is 44.3. The van der Waals surface area contributed by atoms with E-state index in [0.717, 1.165) is 38.5 Å². The molecule has 9 heteroatoms. The lowest BCUT2D eigenvalue weighted by molar-refractivity contribution is -0.870. The third kappa shape index (κ3) is 45.5. The summed E-state index contributed by atoms with van der Waals surface area (Å²) in [5, 5.41) is 14.0. The van der Waals surface area contributed by atoms with Crippen molar-refractivity contribution in [3.05, 3.63) is 0 Å². The van der Waals surface area contributed by atoms with E-state index in [1.54, 1.807) is 0 Å². The van der Waals surface area contributed by atoms with Crippen LogP contribution in [-0.4, -0.2) is 73.4 Å². The second-order valence-electron chi connectivity index (χ2n) is 19.6. The largest absolute Gasteiger partial charge is 0.472 e. The first kappa shape index (κ1) is 59.5. The highest BCUT2D eigenvalue weighted by atomic mass is 31.2. The van der Waals surface area contributed by atoms with Crippen molar-refractivity contribution in [3.63, 3.8) is 0 Å². The van der Waals surface area contributed by atoms with Crippen molar-refractivity contribution in [3.8, 4) is 0 Å². The fourth-order valence-electron chi connectivity index (χ4n) is 8.17. The summed E-state index contributed by atoms with van der Waals surface area (Å²) in [5.74, 6) is -0.137. The van der Waals surface area contributed by atoms with Gasteiger partial charge in [-0.25, -0.2) is 4.57 Å². The van der Waals surface area contributed by atoms with Gasteiger partial charge in [0.15, 0.2) is 0 Å². The monoisotopic (exact) mass is 874 g/mol. The zero-order valence-electron chi connectivity index (χ0n) is 41.0. The van der Waals surface area contributed by atoms with Crippen molar-refractivity contribution < 1.29 is 32.9 Å². The molecule has 0 bridgehead atoms. The van der Waals surface area contributed by atoms with Gasteiger partial charge in [-0.1, -0.05) is 251 Å². The summed E-state index contributed by atoms with van der Waals surface area (Å²) in [5.41, 5.74) is 0. The lowest BCUT2D eigenvalue weighted by atomic mass is 10.0. The lowest BCUT2D eigenvalue weighted by Crippen LogP contribution is -2.46. The summed E-state index contributed by atoms with van der Waals surface area (Å²) in [6, 6.07) is -0.754. The van der Waals surface area contributed by atoms with Crippen molar-refractivity contribution in [1.82, 2.24) is 5.32 Å². The van der Waals surface area contributed by atoms with Crippen LogP contribution in [-0.2, 0) is 18.4 Å². The quantitative estimate of drug-likeness (QED) is 0.0319. The van der Waals surface area contributed by atoms with Gasteiger partial charge in [-0.05, 0) is 12.8 Å². The number of aliphatic hydroxyl groups excluding tert-OH is 1. The molecule has 0 aliphatic carbocycles. The van der Waals surface area contributed by atoms with Gasteiger partial charge in [0.2, 0.25) is 5.91 Å². The van der Waals surface area contributed by atoms with E-state index in [9.17, 15) is 19.4 Å². The third-order valence-electron chi connectivity index (χ3n) is 12.4. The van der Waals surface area contributed by atoms with E-state index in [2.05, 4.69) is 19.2 Å². The Labute approximate surface area is 374 Å². The van der Waals surface area contributed by atoms with Gasteiger partial charge in [-0.3, -0.25) is 13.8 Å². The Kier molecular flexibility index (Phi) is 43.4. The number of carbonyl (C=O) groups is 1. The fraction of sp³-hybridized carbons (Fsp3) is 0.980. The van der Waals surface area contributed by atoms with Gasteiger partial charge >= 0.3 is 7.82 Å². The van der Waals surface area contributed by atoms with E-state index in [-0.39, 0.29) is 19.1 Å². The number of unbranched alkanes of at least 4 members (excludes halogenated alkanes) is 36. The average Bonchev–Trinajstić information content (AvgIpc) is 3.20. The van der Waals surface area contributed by atoms with Crippen LogP contribution in [0.25, 0.3) is 0 Å². The molecule has 0 rings (SSSR count). The molecular weight excluding hydrogens is 768 g/mol. The molecule has 0 radical (unpaired) electrons. The Morgan fingerprint density at radius 3 is 1.12 bits per heavy atom. The number of likely N-dealkylation sites (N-methyl/N-ethyl adjacent to an activating group) is 1. The summed E-state index contributed by atoms with van der Waals surface area (Å²) >= 11 is 0. The van der Waals surface area contributed by atoms with E-state index in [1.807, 2.05) is 21.1 Å². The fourth-order valence-corrected chi connectivity index (χ4v) is 8.90. The second kappa shape index (κ2) is 43.7. The van der Waals surface area contributed by atoms with Crippen molar-refractivity contribution in [2.75, 3.05) is 40.9 Å². The van der Waals surface area contributed by atoms with Crippen LogP contribution in [0.3, 0.4) is 0 Å². The summed E-state index contributed by atoms with van der Waals surface area (Å²) < 4.78 is 23.7. The van der Waals surface area contributed by atoms with Gasteiger partial charge in [0.1, 0.15) is 13.2 Å². The molecular formula is C51H106N2O6P+. The third-order valence-corrected chi connectivity index (χ3v) is 13.3. The second-order valence-corrected chi connectivity index (χ2v) is 21.1. The number of nitrogens with zero attached hydrogens (tertiary/aromatic N) is 1. The lowest BCUT2D eigenvalue weighted by Gasteiger charge is -2.26. The van der Waals surface area contributed by atoms with Crippen LogP contribution in [0.5, 0.6) is 0 Å². The number of hydrogen-bond donors (Lipinski definition) is 3. The number of phosphoric acid groups is 1. The van der Waals surface area contributed by atoms with Gasteiger partial charge < -0.3 is 19.8 Å². The van der Waals surface area contributed by atoms with Crippen LogP contribution in [0.15, 0.2) is 0 Å². The van der Waals surface area contributed by atoms with Crippen LogP contribution in [0.2, 0.25) is 0 Å². The molecule has 0 aliphatic heterocycles. The molecule has 1 unspecified atom stereocenters. The van der Waals surface area contributed by atoms with Gasteiger partial charge in [0, 0.05) is 6.42 Å². The van der Waals surface area contributed by atoms with E-state index >= 15 is 0 Å². The Morgan fingerprint density at radius 2 is 0.800 bits per heavy atom. The zero-order valence-corrected chi connectivity index (χ0v) is 41.9. The number of quaternary nitrogens is 1. The first-order valence-electron chi connectivity index (χ1n) is 26.4. The number of amides is 1. The molecule has 3 N–H and O–H groups in total. The number of rotatable bonds is 49. The van der Waals surface area contributed by atoms with Crippen LogP contribution in [0.4, 0.5) is 0 Å². The maximum absolute atomic E-state index is 13.0. The molecule has 0 heterocycles. The van der Waals surface area contributed by atoms with Crippen LogP contribution >= 0.6 is 7.82 Å². The predicted octanol–water partition coefficient (Wildman–Crippen LogP) is 15.3. The molecule has 3 atom stereocenters. The Balaban J connectivity index is 4.19. The molecule has 0 saturated carbocycles. The molecule has 360 valence electrons. The van der Waals surface area contributed by atoms with Crippen molar-refractivity contribution >= 4 is 13.7 Å². The van der Waals surface area contributed by atoms with E-state index in [4.69, 9.17) is 9.05 Å². The van der Waals surface area contributed by atoms with E-state index in [0.29, 0.717) is 23.9 Å². The van der Waals surface area contributed by atoms with E-state index in [1.165, 1.54) is 205 Å². The smallest absolute Gasteiger partial charge is 0.391 e. The summed E-state index contributed by atoms with van der Waals surface area (Å²) in [6.45, 7) is 4.93. The topological polar surface area (TPSA) is 105 Å². The molecule has 0 fully saturated rings. The minimum atomic E-state index is -4.31. The van der Waals surface area contributed by atoms with Crippen molar-refractivity contribution in [2.24, 2.45) is 0 Å². The van der Waals surface area contributed by atoms with Gasteiger partial charge in [-0.15, -0.1) is 0 Å².